The van der Waals surface area contributed by atoms with Crippen LogP contribution >= 0.6 is 12.6 Å². The largest absolute Gasteiger partial charge is 0.300 e. The molecular weight excluding hydrogens is 262 g/mol. The first kappa shape index (κ1) is 16.7. The predicted octanol–water partition coefficient (Wildman–Crippen LogP) is 5.30. The van der Waals surface area contributed by atoms with Gasteiger partial charge in [-0.1, -0.05) is 44.9 Å². The van der Waals surface area contributed by atoms with E-state index in [1.807, 2.05) is 0 Å². The van der Waals surface area contributed by atoms with Gasteiger partial charge in [0.15, 0.2) is 0 Å². The molecule has 2 rings (SSSR count). The molecule has 0 bridgehead atoms. The second-order valence-electron chi connectivity index (χ2n) is 6.99. The molecular formula is C18H35NS. The summed E-state index contributed by atoms with van der Waals surface area (Å²) in [5, 5.41) is 0. The molecule has 2 aliphatic rings. The molecule has 0 unspecified atom stereocenters. The molecule has 1 saturated heterocycles. The quantitative estimate of drug-likeness (QED) is 0.446. The third-order valence-electron chi connectivity index (χ3n) is 5.46. The molecule has 2 fully saturated rings. The highest BCUT2D eigenvalue weighted by Gasteiger charge is 2.32. The van der Waals surface area contributed by atoms with Gasteiger partial charge in [0.25, 0.3) is 0 Å². The standard InChI is InChI=1S/C18H35NS/c20-16-9-5-3-1-2-4-8-14-19-15-10-12-17-11-6-7-13-18(17)19/h17-18,20H,1-16H2/t17-,18-/m1/s1. The Morgan fingerprint density at radius 1 is 0.750 bits per heavy atom. The first-order chi connectivity index (χ1) is 9.92. The molecule has 1 saturated carbocycles. The van der Waals surface area contributed by atoms with Crippen LogP contribution in [0.3, 0.4) is 0 Å². The van der Waals surface area contributed by atoms with Gasteiger partial charge in [-0.3, -0.25) is 0 Å². The number of fused-ring (bicyclic) bond motifs is 1. The van der Waals surface area contributed by atoms with Crippen molar-refractivity contribution in [1.29, 1.82) is 0 Å². The molecule has 118 valence electrons. The Kier molecular flexibility index (Phi) is 8.43. The monoisotopic (exact) mass is 297 g/mol. The van der Waals surface area contributed by atoms with Crippen molar-refractivity contribution in [2.24, 2.45) is 5.92 Å². The maximum absolute atomic E-state index is 4.27. The van der Waals surface area contributed by atoms with Crippen LogP contribution in [0.1, 0.15) is 83.5 Å². The molecule has 1 aliphatic carbocycles. The number of piperidine rings is 1. The fourth-order valence-electron chi connectivity index (χ4n) is 4.32. The summed E-state index contributed by atoms with van der Waals surface area (Å²) in [5.41, 5.74) is 0. The number of unbranched alkanes of at least 4 members (excludes halogenated alkanes) is 6. The highest BCUT2D eigenvalue weighted by atomic mass is 32.1. The Balaban J connectivity index is 1.52. The Morgan fingerprint density at radius 2 is 1.40 bits per heavy atom. The lowest BCUT2D eigenvalue weighted by atomic mass is 9.78. The minimum Gasteiger partial charge on any atom is -0.300 e. The van der Waals surface area contributed by atoms with Gasteiger partial charge in [0.05, 0.1) is 0 Å². The van der Waals surface area contributed by atoms with Crippen LogP contribution in [0.15, 0.2) is 0 Å². The molecule has 0 radical (unpaired) electrons. The maximum atomic E-state index is 4.27. The van der Waals surface area contributed by atoms with Crippen molar-refractivity contribution >= 4 is 12.6 Å². The zero-order chi connectivity index (χ0) is 14.0. The van der Waals surface area contributed by atoms with Gasteiger partial charge in [-0.05, 0) is 63.3 Å². The molecule has 1 heterocycles. The van der Waals surface area contributed by atoms with Crippen molar-refractivity contribution in [2.75, 3.05) is 18.8 Å². The highest BCUT2D eigenvalue weighted by molar-refractivity contribution is 7.80. The Morgan fingerprint density at radius 3 is 2.20 bits per heavy atom. The summed E-state index contributed by atoms with van der Waals surface area (Å²) in [6.45, 7) is 2.78. The molecule has 2 heteroatoms. The van der Waals surface area contributed by atoms with E-state index in [9.17, 15) is 0 Å². The first-order valence-electron chi connectivity index (χ1n) is 9.26. The Labute approximate surface area is 132 Å². The normalized spacial score (nSPS) is 27.4. The van der Waals surface area contributed by atoms with Crippen molar-refractivity contribution in [2.45, 2.75) is 89.5 Å². The average Bonchev–Trinajstić information content (AvgIpc) is 2.50. The second kappa shape index (κ2) is 10.1. The van der Waals surface area contributed by atoms with Gasteiger partial charge in [-0.2, -0.15) is 12.6 Å². The maximum Gasteiger partial charge on any atom is 0.0123 e. The lowest BCUT2D eigenvalue weighted by Gasteiger charge is -2.44. The van der Waals surface area contributed by atoms with Gasteiger partial charge < -0.3 is 4.90 Å². The third-order valence-corrected chi connectivity index (χ3v) is 5.78. The number of hydrogen-bond donors (Lipinski definition) is 1. The van der Waals surface area contributed by atoms with E-state index >= 15 is 0 Å². The van der Waals surface area contributed by atoms with Crippen molar-refractivity contribution in [3.8, 4) is 0 Å². The van der Waals surface area contributed by atoms with Gasteiger partial charge >= 0.3 is 0 Å². The number of nitrogens with zero attached hydrogens (tertiary/aromatic N) is 1. The molecule has 0 aromatic carbocycles. The van der Waals surface area contributed by atoms with Crippen molar-refractivity contribution in [1.82, 2.24) is 4.90 Å². The highest BCUT2D eigenvalue weighted by Crippen LogP contribution is 2.35. The van der Waals surface area contributed by atoms with Gasteiger partial charge in [-0.15, -0.1) is 0 Å². The van der Waals surface area contributed by atoms with E-state index in [1.54, 1.807) is 0 Å². The first-order valence-corrected chi connectivity index (χ1v) is 9.90. The lowest BCUT2D eigenvalue weighted by Crippen LogP contribution is -2.46. The second-order valence-corrected chi connectivity index (χ2v) is 7.44. The topological polar surface area (TPSA) is 3.24 Å². The van der Waals surface area contributed by atoms with E-state index < -0.39 is 0 Å². The van der Waals surface area contributed by atoms with E-state index in [2.05, 4.69) is 17.5 Å². The Hall–Kier alpha value is 0.310. The van der Waals surface area contributed by atoms with E-state index in [0.29, 0.717) is 0 Å². The van der Waals surface area contributed by atoms with Crippen LogP contribution in [0.2, 0.25) is 0 Å². The van der Waals surface area contributed by atoms with Crippen LogP contribution in [-0.4, -0.2) is 29.8 Å². The molecule has 20 heavy (non-hydrogen) atoms. The number of likely N-dealkylation sites (tertiary alicyclic amines) is 1. The van der Waals surface area contributed by atoms with Gasteiger partial charge in [0, 0.05) is 6.04 Å². The van der Waals surface area contributed by atoms with Crippen molar-refractivity contribution in [3.05, 3.63) is 0 Å². The van der Waals surface area contributed by atoms with Crippen LogP contribution in [0, 0.1) is 5.92 Å². The minimum atomic E-state index is 0.966. The number of thiol groups is 1. The average molecular weight is 298 g/mol. The summed E-state index contributed by atoms with van der Waals surface area (Å²) in [7, 11) is 0. The molecule has 1 aliphatic heterocycles. The zero-order valence-corrected chi connectivity index (χ0v) is 14.3. The molecule has 1 nitrogen and oxygen atoms in total. The van der Waals surface area contributed by atoms with Crippen LogP contribution in [-0.2, 0) is 0 Å². The molecule has 0 spiro atoms. The summed E-state index contributed by atoms with van der Waals surface area (Å²) in [4.78, 5) is 2.86. The summed E-state index contributed by atoms with van der Waals surface area (Å²) < 4.78 is 0. The van der Waals surface area contributed by atoms with E-state index in [0.717, 1.165) is 17.7 Å². The summed E-state index contributed by atoms with van der Waals surface area (Å²) >= 11 is 4.27. The summed E-state index contributed by atoms with van der Waals surface area (Å²) in [5.74, 6) is 2.12. The van der Waals surface area contributed by atoms with Crippen molar-refractivity contribution < 1.29 is 0 Å². The Bertz CT molecular complexity index is 242. The molecule has 2 atom stereocenters. The lowest BCUT2D eigenvalue weighted by molar-refractivity contribution is 0.0595. The molecule has 0 aromatic rings. The van der Waals surface area contributed by atoms with E-state index in [1.165, 1.54) is 96.6 Å². The molecule has 0 N–H and O–H groups in total. The van der Waals surface area contributed by atoms with E-state index in [-0.39, 0.29) is 0 Å². The van der Waals surface area contributed by atoms with Crippen LogP contribution in [0.4, 0.5) is 0 Å². The van der Waals surface area contributed by atoms with Crippen LogP contribution in [0.5, 0.6) is 0 Å². The third kappa shape index (κ3) is 5.60. The summed E-state index contributed by atoms with van der Waals surface area (Å²) in [6.07, 6.45) is 18.9. The number of rotatable bonds is 9. The molecule has 0 amide bonds. The van der Waals surface area contributed by atoms with Gasteiger partial charge in [-0.25, -0.2) is 0 Å². The molecule has 0 aromatic heterocycles. The fourth-order valence-corrected chi connectivity index (χ4v) is 4.54. The smallest absolute Gasteiger partial charge is 0.0123 e. The summed E-state index contributed by atoms with van der Waals surface area (Å²) in [6, 6.07) is 0.966. The van der Waals surface area contributed by atoms with Crippen LogP contribution in [0.25, 0.3) is 0 Å². The van der Waals surface area contributed by atoms with Crippen molar-refractivity contribution in [3.63, 3.8) is 0 Å². The fraction of sp³-hybridized carbons (Fsp3) is 1.00. The minimum absolute atomic E-state index is 0.966. The van der Waals surface area contributed by atoms with E-state index in [4.69, 9.17) is 0 Å². The SMILES string of the molecule is SCCCCCCCCCN1CCC[C@H]2CCCC[C@H]21. The van der Waals surface area contributed by atoms with Gasteiger partial charge in [0.2, 0.25) is 0 Å². The predicted molar refractivity (Wildman–Crippen MR) is 92.7 cm³/mol. The van der Waals surface area contributed by atoms with Crippen LogP contribution < -0.4 is 0 Å². The van der Waals surface area contributed by atoms with Gasteiger partial charge in [0.1, 0.15) is 0 Å². The zero-order valence-electron chi connectivity index (χ0n) is 13.4. The number of hydrogen-bond acceptors (Lipinski definition) is 2.